The first-order chi connectivity index (χ1) is 10.6. The Bertz CT molecular complexity index is 863. The molecule has 0 saturated carbocycles. The highest BCUT2D eigenvalue weighted by molar-refractivity contribution is 6.67. The second kappa shape index (κ2) is 5.69. The molecule has 0 radical (unpaired) electrons. The smallest absolute Gasteiger partial charge is 0.355 e. The van der Waals surface area contributed by atoms with Crippen LogP contribution in [0.4, 0.5) is 0 Å². The number of aromatic nitrogens is 2. The topological polar surface area (TPSA) is 64.1 Å². The van der Waals surface area contributed by atoms with Crippen LogP contribution in [0, 0.1) is 0 Å². The van der Waals surface area contributed by atoms with Crippen molar-refractivity contribution < 1.29 is 14.3 Å². The number of fused-ring (bicyclic) bond motifs is 1. The van der Waals surface area contributed by atoms with Crippen LogP contribution in [0.3, 0.4) is 0 Å². The standard InChI is InChI=1S/C16H13ClN2O3/c1-19-13(15(17)20)4-5-14(19)16(21)22-9-10-2-3-11-6-7-18-12(11)8-10/h2-8,18H,9H2,1H3. The number of benzene rings is 1. The fourth-order valence-electron chi connectivity index (χ4n) is 2.32. The van der Waals surface area contributed by atoms with Crippen LogP contribution in [-0.4, -0.2) is 20.8 Å². The van der Waals surface area contributed by atoms with Crippen LogP contribution in [0.25, 0.3) is 10.9 Å². The van der Waals surface area contributed by atoms with E-state index in [9.17, 15) is 9.59 Å². The van der Waals surface area contributed by atoms with E-state index in [1.165, 1.54) is 16.7 Å². The molecule has 5 nitrogen and oxygen atoms in total. The molecule has 0 bridgehead atoms. The summed E-state index contributed by atoms with van der Waals surface area (Å²) < 4.78 is 6.71. The number of esters is 1. The second-order valence-corrected chi connectivity index (χ2v) is 5.26. The molecule has 0 atom stereocenters. The molecule has 0 fully saturated rings. The van der Waals surface area contributed by atoms with Gasteiger partial charge >= 0.3 is 5.97 Å². The predicted octanol–water partition coefficient (Wildman–Crippen LogP) is 3.24. The highest BCUT2D eigenvalue weighted by atomic mass is 35.5. The number of H-pyrrole nitrogens is 1. The Morgan fingerprint density at radius 2 is 1.95 bits per heavy atom. The molecule has 0 unspecified atom stereocenters. The molecule has 0 amide bonds. The van der Waals surface area contributed by atoms with Gasteiger partial charge in [-0.3, -0.25) is 4.79 Å². The van der Waals surface area contributed by atoms with Crippen molar-refractivity contribution in [1.82, 2.24) is 9.55 Å². The van der Waals surface area contributed by atoms with Gasteiger partial charge in [0.2, 0.25) is 0 Å². The Hall–Kier alpha value is -2.53. The number of nitrogens with one attached hydrogen (secondary N) is 1. The summed E-state index contributed by atoms with van der Waals surface area (Å²) in [6, 6.07) is 10.8. The molecule has 0 spiro atoms. The highest BCUT2D eigenvalue weighted by Gasteiger charge is 2.17. The van der Waals surface area contributed by atoms with Crippen molar-refractivity contribution >= 4 is 33.7 Å². The first-order valence-electron chi connectivity index (χ1n) is 6.65. The van der Waals surface area contributed by atoms with E-state index in [1.54, 1.807) is 7.05 Å². The van der Waals surface area contributed by atoms with Crippen molar-refractivity contribution in [2.75, 3.05) is 0 Å². The summed E-state index contributed by atoms with van der Waals surface area (Å²) in [7, 11) is 1.59. The zero-order valence-electron chi connectivity index (χ0n) is 11.8. The van der Waals surface area contributed by atoms with Crippen molar-refractivity contribution in [3.63, 3.8) is 0 Å². The van der Waals surface area contributed by atoms with Crippen LogP contribution in [0.15, 0.2) is 42.6 Å². The number of carbonyl (C=O) groups is 2. The minimum atomic E-state index is -0.612. The zero-order chi connectivity index (χ0) is 15.7. The number of aromatic amines is 1. The number of rotatable bonds is 4. The van der Waals surface area contributed by atoms with E-state index in [4.69, 9.17) is 16.3 Å². The van der Waals surface area contributed by atoms with Crippen LogP contribution in [0.5, 0.6) is 0 Å². The van der Waals surface area contributed by atoms with Gasteiger partial charge in [0.05, 0.1) is 0 Å². The third kappa shape index (κ3) is 2.63. The third-order valence-electron chi connectivity index (χ3n) is 3.52. The average Bonchev–Trinajstić information content (AvgIpc) is 3.10. The number of nitrogens with zero attached hydrogens (tertiary/aromatic N) is 1. The van der Waals surface area contributed by atoms with Gasteiger partial charge in [-0.1, -0.05) is 12.1 Å². The van der Waals surface area contributed by atoms with Crippen LogP contribution in [-0.2, 0) is 18.4 Å². The highest BCUT2D eigenvalue weighted by Crippen LogP contribution is 2.16. The van der Waals surface area contributed by atoms with Crippen molar-refractivity contribution in [2.45, 2.75) is 6.61 Å². The molecule has 0 aliphatic rings. The van der Waals surface area contributed by atoms with E-state index in [1.807, 2.05) is 30.5 Å². The first kappa shape index (κ1) is 14.4. The van der Waals surface area contributed by atoms with Gasteiger partial charge in [0.15, 0.2) is 0 Å². The summed E-state index contributed by atoms with van der Waals surface area (Å²) in [5, 5.41) is 0.488. The minimum Gasteiger partial charge on any atom is -0.456 e. The average molecular weight is 317 g/mol. The third-order valence-corrected chi connectivity index (χ3v) is 3.72. The fraction of sp³-hybridized carbons (Fsp3) is 0.125. The summed E-state index contributed by atoms with van der Waals surface area (Å²) >= 11 is 5.43. The molecule has 0 saturated heterocycles. The number of ether oxygens (including phenoxy) is 1. The SMILES string of the molecule is Cn1c(C(=O)Cl)ccc1C(=O)OCc1ccc2cc[nH]c2c1. The molecule has 0 aliphatic heterocycles. The normalized spacial score (nSPS) is 10.8. The van der Waals surface area contributed by atoms with Crippen molar-refractivity contribution in [2.24, 2.45) is 7.05 Å². The maximum absolute atomic E-state index is 12.1. The van der Waals surface area contributed by atoms with E-state index < -0.39 is 11.2 Å². The lowest BCUT2D eigenvalue weighted by Crippen LogP contribution is -2.12. The molecule has 112 valence electrons. The summed E-state index contributed by atoms with van der Waals surface area (Å²) in [5.41, 5.74) is 2.40. The van der Waals surface area contributed by atoms with Crippen molar-refractivity contribution in [3.05, 3.63) is 59.5 Å². The lowest BCUT2D eigenvalue weighted by molar-refractivity contribution is 0.0461. The number of hydrogen-bond acceptors (Lipinski definition) is 3. The molecule has 6 heteroatoms. The maximum atomic E-state index is 12.1. The molecule has 2 aromatic heterocycles. The molecule has 2 heterocycles. The van der Waals surface area contributed by atoms with Gasteiger partial charge < -0.3 is 14.3 Å². The molecule has 1 N–H and O–H groups in total. The number of hydrogen-bond donors (Lipinski definition) is 1. The molecular formula is C16H13ClN2O3. The van der Waals surface area contributed by atoms with E-state index in [-0.39, 0.29) is 18.0 Å². The van der Waals surface area contributed by atoms with Gasteiger partial charge in [-0.2, -0.15) is 0 Å². The van der Waals surface area contributed by atoms with Gasteiger partial charge in [-0.15, -0.1) is 0 Å². The molecule has 22 heavy (non-hydrogen) atoms. The monoisotopic (exact) mass is 316 g/mol. The van der Waals surface area contributed by atoms with Crippen molar-refractivity contribution in [3.8, 4) is 0 Å². The lowest BCUT2D eigenvalue weighted by atomic mass is 10.2. The summed E-state index contributed by atoms with van der Waals surface area (Å²) in [6.45, 7) is 0.156. The Labute approximate surface area is 131 Å². The quantitative estimate of drug-likeness (QED) is 0.593. The predicted molar refractivity (Wildman–Crippen MR) is 83.0 cm³/mol. The first-order valence-corrected chi connectivity index (χ1v) is 7.03. The van der Waals surface area contributed by atoms with Gasteiger partial charge in [-0.25, -0.2) is 4.79 Å². The van der Waals surface area contributed by atoms with Gasteiger partial charge in [0.25, 0.3) is 5.24 Å². The van der Waals surface area contributed by atoms with Crippen LogP contribution >= 0.6 is 11.6 Å². The van der Waals surface area contributed by atoms with E-state index in [0.717, 1.165) is 16.5 Å². The van der Waals surface area contributed by atoms with Crippen LogP contribution in [0.1, 0.15) is 26.5 Å². The zero-order valence-corrected chi connectivity index (χ0v) is 12.6. The summed E-state index contributed by atoms with van der Waals surface area (Å²) in [6.07, 6.45) is 1.86. The Balaban J connectivity index is 1.73. The maximum Gasteiger partial charge on any atom is 0.355 e. The van der Waals surface area contributed by atoms with Gasteiger partial charge in [0, 0.05) is 18.8 Å². The molecular weight excluding hydrogens is 304 g/mol. The lowest BCUT2D eigenvalue weighted by Gasteiger charge is -2.07. The summed E-state index contributed by atoms with van der Waals surface area (Å²) in [4.78, 5) is 26.4. The Morgan fingerprint density at radius 1 is 1.18 bits per heavy atom. The van der Waals surface area contributed by atoms with Gasteiger partial charge in [0.1, 0.15) is 18.0 Å². The van der Waals surface area contributed by atoms with E-state index in [2.05, 4.69) is 4.98 Å². The van der Waals surface area contributed by atoms with Crippen LogP contribution < -0.4 is 0 Å². The molecule has 3 rings (SSSR count). The largest absolute Gasteiger partial charge is 0.456 e. The molecule has 3 aromatic rings. The number of carbonyl (C=O) groups excluding carboxylic acids is 2. The Kier molecular flexibility index (Phi) is 3.73. The summed E-state index contributed by atoms with van der Waals surface area (Å²) in [5.74, 6) is -0.502. The second-order valence-electron chi connectivity index (χ2n) is 4.91. The fourth-order valence-corrected chi connectivity index (χ4v) is 2.51. The molecule has 0 aliphatic carbocycles. The van der Waals surface area contributed by atoms with Crippen LogP contribution in [0.2, 0.25) is 0 Å². The van der Waals surface area contributed by atoms with E-state index >= 15 is 0 Å². The van der Waals surface area contributed by atoms with Crippen molar-refractivity contribution in [1.29, 1.82) is 0 Å². The van der Waals surface area contributed by atoms with Gasteiger partial charge in [-0.05, 0) is 46.8 Å². The van der Waals surface area contributed by atoms with E-state index in [0.29, 0.717) is 0 Å². The molecule has 1 aromatic carbocycles. The Morgan fingerprint density at radius 3 is 2.68 bits per heavy atom. The number of halogens is 1. The minimum absolute atomic E-state index is 0.156.